The number of nitrogens with one attached hydrogen (secondary N) is 1. The van der Waals surface area contributed by atoms with E-state index in [2.05, 4.69) is 22.0 Å². The molecule has 1 aliphatic heterocycles. The van der Waals surface area contributed by atoms with E-state index in [1.54, 1.807) is 14.2 Å². The largest absolute Gasteiger partial charge is 0.494 e. The molecule has 0 radical (unpaired) electrons. The third-order valence-electron chi connectivity index (χ3n) is 8.19. The van der Waals surface area contributed by atoms with Crippen LogP contribution < -0.4 is 9.47 Å². The standard InChI is InChI=1S/C33H37N3O5/c1-21(33(38)39)23-14-17-36(18-15-23)16-13-22-9-11-25(12-10-22)34-31(24-7-5-4-6-8-24)30-26-19-28(40-2)29(41-3)20-27(26)35-32(30)37/h4-12,19-21,23,35,37H,13-18H2,1-3H3,(H,38,39). The first-order valence-electron chi connectivity index (χ1n) is 14.0. The van der Waals surface area contributed by atoms with E-state index >= 15 is 0 Å². The number of fused-ring (bicyclic) bond motifs is 1. The number of rotatable bonds is 10. The minimum absolute atomic E-state index is 0.0241. The zero-order valence-electron chi connectivity index (χ0n) is 23.8. The molecule has 0 aliphatic carbocycles. The summed E-state index contributed by atoms with van der Waals surface area (Å²) < 4.78 is 11.0. The first kappa shape index (κ1) is 28.2. The predicted molar refractivity (Wildman–Crippen MR) is 161 cm³/mol. The predicted octanol–water partition coefficient (Wildman–Crippen LogP) is 6.04. The third-order valence-corrected chi connectivity index (χ3v) is 8.19. The summed E-state index contributed by atoms with van der Waals surface area (Å²) in [6.07, 6.45) is 2.78. The molecule has 0 bridgehead atoms. The summed E-state index contributed by atoms with van der Waals surface area (Å²) in [5.41, 5.74) is 4.84. The first-order valence-corrected chi connectivity index (χ1v) is 14.0. The molecule has 0 amide bonds. The fourth-order valence-corrected chi connectivity index (χ4v) is 5.64. The number of hydrogen-bond acceptors (Lipinski definition) is 6. The highest BCUT2D eigenvalue weighted by Gasteiger charge is 2.27. The molecule has 1 unspecified atom stereocenters. The van der Waals surface area contributed by atoms with Crippen LogP contribution in [-0.2, 0) is 11.2 Å². The fourth-order valence-electron chi connectivity index (χ4n) is 5.64. The molecule has 1 atom stereocenters. The minimum Gasteiger partial charge on any atom is -0.494 e. The second-order valence-corrected chi connectivity index (χ2v) is 10.7. The van der Waals surface area contributed by atoms with Gasteiger partial charge in [-0.3, -0.25) is 4.79 Å². The Hall–Kier alpha value is -4.30. The number of benzene rings is 3. The number of hydrogen-bond donors (Lipinski definition) is 3. The Morgan fingerprint density at radius 2 is 1.68 bits per heavy atom. The van der Waals surface area contributed by atoms with E-state index in [1.807, 2.05) is 61.5 Å². The molecule has 4 aromatic rings. The van der Waals surface area contributed by atoms with E-state index in [9.17, 15) is 15.0 Å². The van der Waals surface area contributed by atoms with Crippen molar-refractivity contribution in [3.63, 3.8) is 0 Å². The maximum absolute atomic E-state index is 11.3. The van der Waals surface area contributed by atoms with Gasteiger partial charge in [-0.1, -0.05) is 49.4 Å². The normalized spacial score (nSPS) is 15.6. The van der Waals surface area contributed by atoms with E-state index in [1.165, 1.54) is 5.56 Å². The lowest BCUT2D eigenvalue weighted by molar-refractivity contribution is -0.143. The number of aromatic nitrogens is 1. The van der Waals surface area contributed by atoms with Crippen LogP contribution in [0.4, 0.5) is 5.69 Å². The van der Waals surface area contributed by atoms with Gasteiger partial charge in [0.05, 0.1) is 42.6 Å². The molecule has 1 saturated heterocycles. The fraction of sp³-hybridized carbons (Fsp3) is 0.333. The maximum atomic E-state index is 11.3. The number of methoxy groups -OCH3 is 2. The van der Waals surface area contributed by atoms with Crippen molar-refractivity contribution in [3.8, 4) is 17.4 Å². The maximum Gasteiger partial charge on any atom is 0.306 e. The van der Waals surface area contributed by atoms with Gasteiger partial charge in [0.1, 0.15) is 0 Å². The minimum atomic E-state index is -0.693. The number of aromatic amines is 1. The highest BCUT2D eigenvalue weighted by Crippen LogP contribution is 2.38. The molecule has 3 N–H and O–H groups in total. The number of carboxylic acids is 1. The zero-order valence-corrected chi connectivity index (χ0v) is 23.8. The van der Waals surface area contributed by atoms with Crippen LogP contribution in [0.25, 0.3) is 10.9 Å². The van der Waals surface area contributed by atoms with Gasteiger partial charge < -0.3 is 29.6 Å². The lowest BCUT2D eigenvalue weighted by Gasteiger charge is -2.33. The summed E-state index contributed by atoms with van der Waals surface area (Å²) >= 11 is 0. The molecule has 214 valence electrons. The smallest absolute Gasteiger partial charge is 0.306 e. The first-order chi connectivity index (χ1) is 19.9. The molecular weight excluding hydrogens is 518 g/mol. The van der Waals surface area contributed by atoms with Crippen molar-refractivity contribution in [1.29, 1.82) is 0 Å². The van der Waals surface area contributed by atoms with Crippen molar-refractivity contribution in [3.05, 3.63) is 83.4 Å². The van der Waals surface area contributed by atoms with E-state index in [4.69, 9.17) is 14.5 Å². The number of ether oxygens (including phenoxy) is 2. The van der Waals surface area contributed by atoms with Crippen LogP contribution in [0.1, 0.15) is 36.5 Å². The van der Waals surface area contributed by atoms with Gasteiger partial charge in [-0.05, 0) is 62.0 Å². The summed E-state index contributed by atoms with van der Waals surface area (Å²) in [5, 5.41) is 21.1. The number of likely N-dealkylation sites (tertiary alicyclic amines) is 1. The van der Waals surface area contributed by atoms with Crippen molar-refractivity contribution in [1.82, 2.24) is 9.88 Å². The summed E-state index contributed by atoms with van der Waals surface area (Å²) in [7, 11) is 3.17. The summed E-state index contributed by atoms with van der Waals surface area (Å²) in [6.45, 7) is 4.65. The van der Waals surface area contributed by atoms with Crippen molar-refractivity contribution in [2.24, 2.45) is 16.8 Å². The number of aliphatic imine (C=N–C) groups is 1. The second-order valence-electron chi connectivity index (χ2n) is 10.7. The van der Waals surface area contributed by atoms with Crippen LogP contribution in [-0.4, -0.2) is 65.6 Å². The van der Waals surface area contributed by atoms with E-state index in [-0.39, 0.29) is 17.7 Å². The van der Waals surface area contributed by atoms with E-state index in [0.29, 0.717) is 22.8 Å². The lowest BCUT2D eigenvalue weighted by Crippen LogP contribution is -2.38. The van der Waals surface area contributed by atoms with Crippen molar-refractivity contribution in [2.75, 3.05) is 33.9 Å². The zero-order chi connectivity index (χ0) is 28.9. The highest BCUT2D eigenvalue weighted by atomic mass is 16.5. The molecule has 1 aromatic heterocycles. The number of carboxylic acid groups (broad SMARTS) is 1. The molecule has 41 heavy (non-hydrogen) atoms. The highest BCUT2D eigenvalue weighted by molar-refractivity contribution is 6.22. The molecule has 1 fully saturated rings. The van der Waals surface area contributed by atoms with Crippen LogP contribution in [0.3, 0.4) is 0 Å². The molecule has 2 heterocycles. The number of H-pyrrole nitrogens is 1. The molecule has 3 aromatic carbocycles. The SMILES string of the molecule is COc1cc2[nH]c(O)c(C(=Nc3ccc(CCN4CCC(C(C)C(=O)O)CC4)cc3)c3ccccc3)c2cc1OC. The van der Waals surface area contributed by atoms with Gasteiger partial charge in [-0.25, -0.2) is 4.99 Å². The lowest BCUT2D eigenvalue weighted by atomic mass is 9.85. The Balaban J connectivity index is 1.37. The van der Waals surface area contributed by atoms with E-state index in [0.717, 1.165) is 61.1 Å². The Morgan fingerprint density at radius 1 is 1.02 bits per heavy atom. The number of nitrogens with zero attached hydrogens (tertiary/aromatic N) is 2. The molecule has 8 heteroatoms. The number of aliphatic carboxylic acids is 1. The van der Waals surface area contributed by atoms with Crippen LogP contribution >= 0.6 is 0 Å². The Kier molecular flexibility index (Phi) is 8.59. The van der Waals surface area contributed by atoms with Crippen molar-refractivity contribution >= 4 is 28.3 Å². The van der Waals surface area contributed by atoms with Crippen molar-refractivity contribution in [2.45, 2.75) is 26.2 Å². The van der Waals surface area contributed by atoms with Gasteiger partial charge in [0.15, 0.2) is 17.4 Å². The molecular formula is C33H37N3O5. The van der Waals surface area contributed by atoms with Crippen LogP contribution in [0.5, 0.6) is 17.4 Å². The summed E-state index contributed by atoms with van der Waals surface area (Å²) in [5.74, 6) is 0.456. The van der Waals surface area contributed by atoms with Crippen LogP contribution in [0.2, 0.25) is 0 Å². The average Bonchev–Trinajstić information content (AvgIpc) is 3.33. The van der Waals surface area contributed by atoms with Crippen LogP contribution in [0, 0.1) is 11.8 Å². The number of carbonyl (C=O) groups is 1. The molecule has 1 aliphatic rings. The number of piperidine rings is 1. The topological polar surface area (TPSA) is 107 Å². The number of aromatic hydroxyl groups is 1. The molecule has 8 nitrogen and oxygen atoms in total. The summed E-state index contributed by atoms with van der Waals surface area (Å²) in [6, 6.07) is 21.7. The Morgan fingerprint density at radius 3 is 2.32 bits per heavy atom. The average molecular weight is 556 g/mol. The van der Waals surface area contributed by atoms with Crippen molar-refractivity contribution < 1.29 is 24.5 Å². The van der Waals surface area contributed by atoms with Gasteiger partial charge in [0, 0.05) is 23.6 Å². The quantitative estimate of drug-likeness (QED) is 0.206. The van der Waals surface area contributed by atoms with Gasteiger partial charge >= 0.3 is 5.97 Å². The summed E-state index contributed by atoms with van der Waals surface area (Å²) in [4.78, 5) is 21.8. The molecule has 0 saturated carbocycles. The Bertz CT molecular complexity index is 1520. The van der Waals surface area contributed by atoms with Gasteiger partial charge in [-0.15, -0.1) is 0 Å². The van der Waals surface area contributed by atoms with E-state index < -0.39 is 5.97 Å². The van der Waals surface area contributed by atoms with Gasteiger partial charge in [0.25, 0.3) is 0 Å². The Labute approximate surface area is 240 Å². The van der Waals surface area contributed by atoms with Gasteiger partial charge in [0.2, 0.25) is 0 Å². The van der Waals surface area contributed by atoms with Crippen LogP contribution in [0.15, 0.2) is 71.7 Å². The molecule has 5 rings (SSSR count). The third kappa shape index (κ3) is 6.23. The van der Waals surface area contributed by atoms with Gasteiger partial charge in [-0.2, -0.15) is 0 Å². The monoisotopic (exact) mass is 555 g/mol. The molecule has 0 spiro atoms. The second kappa shape index (κ2) is 12.5.